The van der Waals surface area contributed by atoms with Gasteiger partial charge < -0.3 is 5.32 Å². The molecule has 0 bridgehead atoms. The van der Waals surface area contributed by atoms with Crippen LogP contribution in [-0.4, -0.2) is 7.05 Å². The summed E-state index contributed by atoms with van der Waals surface area (Å²) in [6, 6.07) is 14.1. The fourth-order valence-electron chi connectivity index (χ4n) is 2.95. The van der Waals surface area contributed by atoms with E-state index in [1.165, 1.54) is 30.4 Å². The smallest absolute Gasteiger partial charge is 0.137 e. The lowest BCUT2D eigenvalue weighted by Gasteiger charge is -2.27. The molecule has 3 rings (SSSR count). The van der Waals surface area contributed by atoms with Crippen LogP contribution in [0.2, 0.25) is 0 Å². The Bertz CT molecular complexity index is 637. The third kappa shape index (κ3) is 3.04. The molecule has 0 aliphatic heterocycles. The van der Waals surface area contributed by atoms with E-state index in [1.807, 2.05) is 13.1 Å². The predicted octanol–water partition coefficient (Wildman–Crippen LogP) is 5.16. The van der Waals surface area contributed by atoms with E-state index in [9.17, 15) is 4.39 Å². The minimum Gasteiger partial charge on any atom is -0.309 e. The van der Waals surface area contributed by atoms with Crippen LogP contribution in [-0.2, 0) is 0 Å². The van der Waals surface area contributed by atoms with Crippen LogP contribution < -0.4 is 5.32 Å². The van der Waals surface area contributed by atoms with E-state index in [1.54, 1.807) is 12.1 Å². The molecule has 1 aliphatic rings. The fraction of sp³-hybridized carbons (Fsp3) is 0.333. The maximum Gasteiger partial charge on any atom is 0.137 e. The van der Waals surface area contributed by atoms with Gasteiger partial charge in [0.2, 0.25) is 0 Å². The van der Waals surface area contributed by atoms with Gasteiger partial charge in [-0.1, -0.05) is 36.8 Å². The third-order valence-electron chi connectivity index (χ3n) is 4.39. The highest BCUT2D eigenvalue weighted by Crippen LogP contribution is 2.37. The summed E-state index contributed by atoms with van der Waals surface area (Å²) in [5.41, 5.74) is 3.56. The van der Waals surface area contributed by atoms with Gasteiger partial charge in [0.15, 0.2) is 0 Å². The van der Waals surface area contributed by atoms with Crippen molar-refractivity contribution in [2.45, 2.75) is 31.2 Å². The van der Waals surface area contributed by atoms with Crippen molar-refractivity contribution in [3.05, 3.63) is 69.4 Å². The summed E-state index contributed by atoms with van der Waals surface area (Å²) in [6.07, 6.45) is 3.92. The van der Waals surface area contributed by atoms with E-state index in [2.05, 4.69) is 45.5 Å². The maximum absolute atomic E-state index is 13.8. The summed E-state index contributed by atoms with van der Waals surface area (Å²) < 4.78 is 14.3. The maximum atomic E-state index is 13.8. The second kappa shape index (κ2) is 6.29. The molecule has 1 saturated carbocycles. The summed E-state index contributed by atoms with van der Waals surface area (Å²) in [4.78, 5) is 0. The van der Waals surface area contributed by atoms with Gasteiger partial charge in [0.25, 0.3) is 0 Å². The van der Waals surface area contributed by atoms with Gasteiger partial charge in [0.05, 0.1) is 10.5 Å². The highest BCUT2D eigenvalue weighted by molar-refractivity contribution is 9.10. The molecule has 0 radical (unpaired) electrons. The first kappa shape index (κ1) is 14.7. The average molecular weight is 348 g/mol. The molecule has 1 fully saturated rings. The van der Waals surface area contributed by atoms with E-state index in [-0.39, 0.29) is 11.9 Å². The number of hydrogen-bond acceptors (Lipinski definition) is 1. The van der Waals surface area contributed by atoms with Crippen molar-refractivity contribution >= 4 is 15.9 Å². The molecule has 1 N–H and O–H groups in total. The molecular formula is C18H19BrFN. The van der Waals surface area contributed by atoms with Crippen LogP contribution in [0.15, 0.2) is 46.9 Å². The average Bonchev–Trinajstić information content (AvgIpc) is 2.42. The molecule has 2 aromatic carbocycles. The molecule has 1 unspecified atom stereocenters. The first-order valence-electron chi connectivity index (χ1n) is 7.41. The summed E-state index contributed by atoms with van der Waals surface area (Å²) in [7, 11) is 1.92. The van der Waals surface area contributed by atoms with Crippen molar-refractivity contribution in [1.82, 2.24) is 5.32 Å². The Morgan fingerprint density at radius 1 is 1.14 bits per heavy atom. The fourth-order valence-corrected chi connectivity index (χ4v) is 3.20. The molecule has 0 spiro atoms. The lowest BCUT2D eigenvalue weighted by atomic mass is 9.79. The van der Waals surface area contributed by atoms with E-state index >= 15 is 0 Å². The van der Waals surface area contributed by atoms with Crippen LogP contribution in [0.5, 0.6) is 0 Å². The van der Waals surface area contributed by atoms with Crippen LogP contribution in [0.25, 0.3) is 0 Å². The van der Waals surface area contributed by atoms with Crippen LogP contribution in [0.3, 0.4) is 0 Å². The minimum absolute atomic E-state index is 0.0210. The minimum atomic E-state index is -0.220. The Balaban J connectivity index is 1.93. The molecule has 0 heterocycles. The van der Waals surface area contributed by atoms with Crippen molar-refractivity contribution < 1.29 is 4.39 Å². The third-order valence-corrected chi connectivity index (χ3v) is 5.03. The molecular weight excluding hydrogens is 329 g/mol. The Labute approximate surface area is 133 Å². The van der Waals surface area contributed by atoms with E-state index < -0.39 is 0 Å². The molecule has 0 amide bonds. The van der Waals surface area contributed by atoms with Gasteiger partial charge in [-0.2, -0.15) is 0 Å². The first-order chi connectivity index (χ1) is 10.2. The van der Waals surface area contributed by atoms with Gasteiger partial charge in [-0.05, 0) is 70.6 Å². The molecule has 1 atom stereocenters. The summed E-state index contributed by atoms with van der Waals surface area (Å²) in [5, 5.41) is 3.30. The van der Waals surface area contributed by atoms with Crippen LogP contribution in [0, 0.1) is 5.82 Å². The standard InChI is InChI=1S/C18H19BrFN/c1-21-18(15-8-9-16(19)17(20)11-15)14-7-3-6-13(10-14)12-4-2-5-12/h3,6-12,18,21H,2,4-5H2,1H3. The Hall–Kier alpha value is -1.19. The largest absolute Gasteiger partial charge is 0.309 e. The van der Waals surface area contributed by atoms with Crippen molar-refractivity contribution in [2.75, 3.05) is 7.05 Å². The molecule has 110 valence electrons. The van der Waals surface area contributed by atoms with E-state index in [0.717, 1.165) is 5.56 Å². The highest BCUT2D eigenvalue weighted by atomic mass is 79.9. The lowest BCUT2D eigenvalue weighted by molar-refractivity contribution is 0.419. The Morgan fingerprint density at radius 3 is 2.52 bits per heavy atom. The molecule has 1 aliphatic carbocycles. The monoisotopic (exact) mass is 347 g/mol. The van der Waals surface area contributed by atoms with Gasteiger partial charge in [-0.3, -0.25) is 0 Å². The number of nitrogens with one attached hydrogen (secondary N) is 1. The number of rotatable bonds is 4. The number of benzene rings is 2. The summed E-state index contributed by atoms with van der Waals surface area (Å²) in [5.74, 6) is 0.493. The topological polar surface area (TPSA) is 12.0 Å². The first-order valence-corrected chi connectivity index (χ1v) is 8.20. The zero-order valence-electron chi connectivity index (χ0n) is 12.1. The summed E-state index contributed by atoms with van der Waals surface area (Å²) >= 11 is 3.21. The van der Waals surface area contributed by atoms with Crippen LogP contribution >= 0.6 is 15.9 Å². The second-order valence-electron chi connectivity index (χ2n) is 5.69. The number of hydrogen-bond donors (Lipinski definition) is 1. The molecule has 3 heteroatoms. The van der Waals surface area contributed by atoms with E-state index in [4.69, 9.17) is 0 Å². The van der Waals surface area contributed by atoms with Gasteiger partial charge >= 0.3 is 0 Å². The lowest BCUT2D eigenvalue weighted by Crippen LogP contribution is -2.18. The van der Waals surface area contributed by atoms with Crippen LogP contribution in [0.4, 0.5) is 4.39 Å². The zero-order valence-corrected chi connectivity index (χ0v) is 13.7. The molecule has 2 aromatic rings. The van der Waals surface area contributed by atoms with Gasteiger partial charge in [0.1, 0.15) is 5.82 Å². The van der Waals surface area contributed by atoms with Crippen molar-refractivity contribution in [2.24, 2.45) is 0 Å². The molecule has 0 aromatic heterocycles. The van der Waals surface area contributed by atoms with E-state index in [0.29, 0.717) is 10.4 Å². The number of halogens is 2. The summed E-state index contributed by atoms with van der Waals surface area (Å²) in [6.45, 7) is 0. The quantitative estimate of drug-likeness (QED) is 0.804. The van der Waals surface area contributed by atoms with Crippen molar-refractivity contribution in [1.29, 1.82) is 0 Å². The molecule has 1 nitrogen and oxygen atoms in total. The normalized spacial score (nSPS) is 16.5. The zero-order chi connectivity index (χ0) is 14.8. The SMILES string of the molecule is CNC(c1cccc(C2CCC2)c1)c1ccc(Br)c(F)c1. The van der Waals surface area contributed by atoms with Crippen molar-refractivity contribution in [3.8, 4) is 0 Å². The van der Waals surface area contributed by atoms with Crippen LogP contribution in [0.1, 0.15) is 47.9 Å². The van der Waals surface area contributed by atoms with Gasteiger partial charge in [-0.25, -0.2) is 4.39 Å². The van der Waals surface area contributed by atoms with Crippen molar-refractivity contribution in [3.63, 3.8) is 0 Å². The Kier molecular flexibility index (Phi) is 4.41. The van der Waals surface area contributed by atoms with Gasteiger partial charge in [0, 0.05) is 0 Å². The highest BCUT2D eigenvalue weighted by Gasteiger charge is 2.21. The van der Waals surface area contributed by atoms with Gasteiger partial charge in [-0.15, -0.1) is 0 Å². The molecule has 0 saturated heterocycles. The molecule has 21 heavy (non-hydrogen) atoms. The Morgan fingerprint density at radius 2 is 1.90 bits per heavy atom. The predicted molar refractivity (Wildman–Crippen MR) is 88.0 cm³/mol. The second-order valence-corrected chi connectivity index (χ2v) is 6.55.